The number of nitrogens with one attached hydrogen (secondary N) is 1. The van der Waals surface area contributed by atoms with Crippen LogP contribution in [-0.2, 0) is 4.79 Å². The zero-order chi connectivity index (χ0) is 17.3. The van der Waals surface area contributed by atoms with Crippen LogP contribution in [0.1, 0.15) is 50.0 Å². The van der Waals surface area contributed by atoms with Gasteiger partial charge in [0.15, 0.2) is 0 Å². The second-order valence-electron chi connectivity index (χ2n) is 6.46. The van der Waals surface area contributed by atoms with Crippen molar-refractivity contribution in [1.82, 2.24) is 9.78 Å². The maximum Gasteiger partial charge on any atom is 0.258 e. The van der Waals surface area contributed by atoms with E-state index >= 15 is 0 Å². The lowest BCUT2D eigenvalue weighted by molar-refractivity contribution is -0.117. The average Bonchev–Trinajstić information content (AvgIpc) is 3.16. The zero-order valence-corrected chi connectivity index (χ0v) is 14.2. The highest BCUT2D eigenvalue weighted by Gasteiger charge is 2.28. The summed E-state index contributed by atoms with van der Waals surface area (Å²) in [5, 5.41) is 7.03. The molecule has 6 nitrogen and oxygen atoms in total. The highest BCUT2D eigenvalue weighted by atomic mass is 16.2. The van der Waals surface area contributed by atoms with Crippen molar-refractivity contribution in [2.45, 2.75) is 45.7 Å². The van der Waals surface area contributed by atoms with Crippen LogP contribution in [0.15, 0.2) is 36.7 Å². The average molecular weight is 326 g/mol. The van der Waals surface area contributed by atoms with Gasteiger partial charge in [0, 0.05) is 36.1 Å². The first-order valence-electron chi connectivity index (χ1n) is 8.23. The minimum absolute atomic E-state index is 0.153. The molecule has 6 heteroatoms. The smallest absolute Gasteiger partial charge is 0.258 e. The predicted molar refractivity (Wildman–Crippen MR) is 93.2 cm³/mol. The molecule has 0 bridgehead atoms. The molecular weight excluding hydrogens is 304 g/mol. The number of aromatic nitrogens is 2. The zero-order valence-electron chi connectivity index (χ0n) is 14.2. The predicted octanol–water partition coefficient (Wildman–Crippen LogP) is 3.23. The van der Waals surface area contributed by atoms with Gasteiger partial charge in [-0.05, 0) is 51.5 Å². The van der Waals surface area contributed by atoms with Crippen LogP contribution in [0.25, 0.3) is 0 Å². The van der Waals surface area contributed by atoms with Gasteiger partial charge < -0.3 is 10.2 Å². The molecule has 0 spiro atoms. The summed E-state index contributed by atoms with van der Waals surface area (Å²) in [6.45, 7) is 6.06. The lowest BCUT2D eigenvalue weighted by atomic mass is 10.2. The van der Waals surface area contributed by atoms with Crippen LogP contribution in [0.5, 0.6) is 0 Å². The molecule has 1 saturated heterocycles. The van der Waals surface area contributed by atoms with Crippen molar-refractivity contribution in [2.24, 2.45) is 0 Å². The molecule has 126 valence electrons. The van der Waals surface area contributed by atoms with Crippen LogP contribution in [0, 0.1) is 0 Å². The third-order valence-corrected chi connectivity index (χ3v) is 4.28. The Morgan fingerprint density at radius 1 is 1.29 bits per heavy atom. The first-order chi connectivity index (χ1) is 11.5. The number of rotatable bonds is 4. The minimum Gasteiger partial charge on any atom is -0.322 e. The lowest BCUT2D eigenvalue weighted by Crippen LogP contribution is -2.30. The molecule has 1 aromatic heterocycles. The van der Waals surface area contributed by atoms with E-state index in [9.17, 15) is 9.59 Å². The van der Waals surface area contributed by atoms with Crippen LogP contribution >= 0.6 is 0 Å². The normalized spacial score (nSPS) is 17.6. The third-order valence-electron chi connectivity index (χ3n) is 4.28. The summed E-state index contributed by atoms with van der Waals surface area (Å²) in [5.74, 6) is -0.0411. The first kappa shape index (κ1) is 16.2. The molecule has 3 rings (SSSR count). The Balaban J connectivity index is 1.69. The van der Waals surface area contributed by atoms with Crippen LogP contribution in [0.3, 0.4) is 0 Å². The number of nitrogens with zero attached hydrogens (tertiary/aromatic N) is 3. The van der Waals surface area contributed by atoms with Crippen molar-refractivity contribution >= 4 is 23.2 Å². The lowest BCUT2D eigenvalue weighted by Gasteiger charge is -2.21. The summed E-state index contributed by atoms with van der Waals surface area (Å²) >= 11 is 0. The van der Waals surface area contributed by atoms with Gasteiger partial charge in [0.25, 0.3) is 5.91 Å². The molecule has 0 aliphatic carbocycles. The van der Waals surface area contributed by atoms with E-state index in [4.69, 9.17) is 0 Å². The number of benzene rings is 1. The maximum atomic E-state index is 12.3. The summed E-state index contributed by atoms with van der Waals surface area (Å²) in [5.41, 5.74) is 2.09. The fraction of sp³-hybridized carbons (Fsp3) is 0.389. The Morgan fingerprint density at radius 2 is 2.00 bits per heavy atom. The summed E-state index contributed by atoms with van der Waals surface area (Å²) < 4.78 is 1.75. The number of hydrogen-bond acceptors (Lipinski definition) is 3. The van der Waals surface area contributed by atoms with E-state index in [2.05, 4.69) is 10.4 Å². The van der Waals surface area contributed by atoms with Gasteiger partial charge in [0.1, 0.15) is 0 Å². The summed E-state index contributed by atoms with van der Waals surface area (Å²) in [7, 11) is 0. The SMILES string of the molecule is CC1CCC(=O)N1c1ccc(NC(=O)c2cnn(C(C)C)c2)cc1. The maximum absolute atomic E-state index is 12.3. The van der Waals surface area contributed by atoms with Crippen molar-refractivity contribution in [3.8, 4) is 0 Å². The van der Waals surface area contributed by atoms with Crippen molar-refractivity contribution in [3.63, 3.8) is 0 Å². The molecule has 1 atom stereocenters. The quantitative estimate of drug-likeness (QED) is 0.938. The van der Waals surface area contributed by atoms with Crippen LogP contribution in [-0.4, -0.2) is 27.6 Å². The van der Waals surface area contributed by atoms with E-state index in [0.717, 1.165) is 12.1 Å². The van der Waals surface area contributed by atoms with Gasteiger partial charge in [0.05, 0.1) is 11.8 Å². The van der Waals surface area contributed by atoms with E-state index in [-0.39, 0.29) is 23.9 Å². The van der Waals surface area contributed by atoms with Crippen LogP contribution in [0.2, 0.25) is 0 Å². The van der Waals surface area contributed by atoms with E-state index < -0.39 is 0 Å². The van der Waals surface area contributed by atoms with Gasteiger partial charge in [-0.25, -0.2) is 0 Å². The van der Waals surface area contributed by atoms with Gasteiger partial charge in [0.2, 0.25) is 5.91 Å². The molecule has 2 aromatic rings. The van der Waals surface area contributed by atoms with Gasteiger partial charge in [-0.2, -0.15) is 5.10 Å². The minimum atomic E-state index is -0.194. The highest BCUT2D eigenvalue weighted by molar-refractivity contribution is 6.04. The number of hydrogen-bond donors (Lipinski definition) is 1. The number of carbonyl (C=O) groups excluding carboxylic acids is 2. The fourth-order valence-electron chi connectivity index (χ4n) is 2.87. The van der Waals surface area contributed by atoms with Gasteiger partial charge in [-0.3, -0.25) is 14.3 Å². The Morgan fingerprint density at radius 3 is 2.54 bits per heavy atom. The van der Waals surface area contributed by atoms with E-state index in [1.807, 2.05) is 49.9 Å². The van der Waals surface area contributed by atoms with E-state index in [0.29, 0.717) is 17.7 Å². The van der Waals surface area contributed by atoms with Crippen molar-refractivity contribution in [3.05, 3.63) is 42.2 Å². The Bertz CT molecular complexity index is 749. The molecular formula is C18H22N4O2. The molecule has 1 aromatic carbocycles. The van der Waals surface area contributed by atoms with Crippen molar-refractivity contribution < 1.29 is 9.59 Å². The van der Waals surface area contributed by atoms with Crippen LogP contribution < -0.4 is 10.2 Å². The van der Waals surface area contributed by atoms with Crippen molar-refractivity contribution in [1.29, 1.82) is 0 Å². The molecule has 24 heavy (non-hydrogen) atoms. The summed E-state index contributed by atoms with van der Waals surface area (Å²) in [4.78, 5) is 26.0. The largest absolute Gasteiger partial charge is 0.322 e. The topological polar surface area (TPSA) is 67.2 Å². The third kappa shape index (κ3) is 3.18. The van der Waals surface area contributed by atoms with Gasteiger partial charge in [-0.15, -0.1) is 0 Å². The monoisotopic (exact) mass is 326 g/mol. The highest BCUT2D eigenvalue weighted by Crippen LogP contribution is 2.27. The molecule has 1 aliphatic rings. The summed E-state index contributed by atoms with van der Waals surface area (Å²) in [6.07, 6.45) is 4.78. The molecule has 0 saturated carbocycles. The Hall–Kier alpha value is -2.63. The standard InChI is InChI=1S/C18H22N4O2/c1-12(2)21-11-14(10-19-21)18(24)20-15-5-7-16(8-6-15)22-13(3)4-9-17(22)23/h5-8,10-13H,4,9H2,1-3H3,(H,20,24). The van der Waals surface area contributed by atoms with Crippen molar-refractivity contribution in [2.75, 3.05) is 10.2 Å². The molecule has 2 heterocycles. The number of amides is 2. The van der Waals surface area contributed by atoms with Crippen LogP contribution in [0.4, 0.5) is 11.4 Å². The van der Waals surface area contributed by atoms with E-state index in [1.54, 1.807) is 17.1 Å². The molecule has 2 amide bonds. The summed E-state index contributed by atoms with van der Waals surface area (Å²) in [6, 6.07) is 7.81. The molecule has 1 fully saturated rings. The Kier molecular flexibility index (Phi) is 4.38. The molecule has 1 aliphatic heterocycles. The number of anilines is 2. The van der Waals surface area contributed by atoms with Gasteiger partial charge >= 0.3 is 0 Å². The fourth-order valence-corrected chi connectivity index (χ4v) is 2.87. The Labute approximate surface area is 141 Å². The number of carbonyl (C=O) groups is 2. The van der Waals surface area contributed by atoms with E-state index in [1.165, 1.54) is 0 Å². The second-order valence-corrected chi connectivity index (χ2v) is 6.46. The molecule has 0 radical (unpaired) electrons. The molecule has 1 N–H and O–H groups in total. The van der Waals surface area contributed by atoms with Gasteiger partial charge in [-0.1, -0.05) is 0 Å². The second kappa shape index (κ2) is 6.47. The molecule has 1 unspecified atom stereocenters. The first-order valence-corrected chi connectivity index (χ1v) is 8.23.